The van der Waals surface area contributed by atoms with Crippen LogP contribution in [0.3, 0.4) is 0 Å². The lowest BCUT2D eigenvalue weighted by Crippen LogP contribution is -2.13. The fourth-order valence-electron chi connectivity index (χ4n) is 3.79. The molecule has 0 aliphatic heterocycles. The number of nitriles is 1. The Balaban J connectivity index is 1.53. The molecule has 25 heavy (non-hydrogen) atoms. The second kappa shape index (κ2) is 11.9. The molecule has 0 bridgehead atoms. The van der Waals surface area contributed by atoms with Crippen molar-refractivity contribution < 1.29 is 4.74 Å². The van der Waals surface area contributed by atoms with Crippen LogP contribution in [0, 0.1) is 17.2 Å². The smallest absolute Gasteiger partial charge is 0.0991 e. The second-order valence-electron chi connectivity index (χ2n) is 7.23. The molecule has 0 radical (unpaired) electrons. The highest BCUT2D eigenvalue weighted by atomic mass is 16.5. The Morgan fingerprint density at radius 2 is 1.80 bits per heavy atom. The molecule has 1 aliphatic rings. The Kier molecular flexibility index (Phi) is 9.37. The number of hydrogen-bond acceptors (Lipinski definition) is 2. The highest BCUT2D eigenvalue weighted by Gasteiger charge is 2.21. The largest absolute Gasteiger partial charge is 0.381 e. The zero-order chi connectivity index (χ0) is 17.7. The maximum Gasteiger partial charge on any atom is 0.0991 e. The van der Waals surface area contributed by atoms with Gasteiger partial charge in [0.2, 0.25) is 0 Å². The molecule has 0 amide bonds. The zero-order valence-electron chi connectivity index (χ0n) is 15.8. The molecule has 1 fully saturated rings. The maximum absolute atomic E-state index is 8.90. The Labute approximate surface area is 153 Å². The van der Waals surface area contributed by atoms with Gasteiger partial charge in [0.05, 0.1) is 18.2 Å². The van der Waals surface area contributed by atoms with Crippen LogP contribution < -0.4 is 0 Å². The minimum Gasteiger partial charge on any atom is -0.381 e. The summed E-state index contributed by atoms with van der Waals surface area (Å²) in [5.74, 6) is 1.60. The van der Waals surface area contributed by atoms with Gasteiger partial charge in [-0.2, -0.15) is 5.26 Å². The van der Waals surface area contributed by atoms with Crippen LogP contribution >= 0.6 is 0 Å². The maximum atomic E-state index is 8.90. The van der Waals surface area contributed by atoms with Crippen molar-refractivity contribution in [2.75, 3.05) is 13.2 Å². The molecule has 2 rings (SSSR count). The fraction of sp³-hybridized carbons (Fsp3) is 0.609. The van der Waals surface area contributed by atoms with Crippen LogP contribution in [0.5, 0.6) is 0 Å². The predicted octanol–water partition coefficient (Wildman–Crippen LogP) is 6.38. The third kappa shape index (κ3) is 7.45. The molecule has 1 aromatic carbocycles. The van der Waals surface area contributed by atoms with Gasteiger partial charge in [0, 0.05) is 6.61 Å². The number of allylic oxidation sites excluding steroid dienone is 1. The third-order valence-corrected chi connectivity index (χ3v) is 5.34. The molecule has 0 atom stereocenters. The lowest BCUT2D eigenvalue weighted by atomic mass is 9.77. The molecule has 0 aromatic heterocycles. The summed E-state index contributed by atoms with van der Waals surface area (Å²) < 4.78 is 5.69. The summed E-state index contributed by atoms with van der Waals surface area (Å²) in [6, 6.07) is 10.4. The summed E-state index contributed by atoms with van der Waals surface area (Å²) >= 11 is 0. The van der Waals surface area contributed by atoms with Crippen LogP contribution in [0.2, 0.25) is 0 Å². The molecule has 1 saturated carbocycles. The first-order valence-corrected chi connectivity index (χ1v) is 10.1. The normalized spacial score (nSPS) is 20.6. The number of ether oxygens (including phenoxy) is 1. The van der Waals surface area contributed by atoms with E-state index in [1.54, 1.807) is 0 Å². The van der Waals surface area contributed by atoms with Crippen molar-refractivity contribution in [3.63, 3.8) is 0 Å². The van der Waals surface area contributed by atoms with Crippen LogP contribution in [-0.2, 0) is 4.74 Å². The molecule has 136 valence electrons. The van der Waals surface area contributed by atoms with E-state index in [2.05, 4.69) is 37.3 Å². The predicted molar refractivity (Wildman–Crippen MR) is 105 cm³/mol. The fourth-order valence-corrected chi connectivity index (χ4v) is 3.79. The van der Waals surface area contributed by atoms with Gasteiger partial charge in [-0.05, 0) is 74.5 Å². The number of benzene rings is 1. The van der Waals surface area contributed by atoms with Gasteiger partial charge in [0.25, 0.3) is 0 Å². The molecule has 0 heterocycles. The van der Waals surface area contributed by atoms with Gasteiger partial charge in [-0.1, -0.05) is 44.1 Å². The van der Waals surface area contributed by atoms with Gasteiger partial charge < -0.3 is 4.74 Å². The minimum atomic E-state index is 0.698. The summed E-state index contributed by atoms with van der Waals surface area (Å²) in [5.41, 5.74) is 2.18. The van der Waals surface area contributed by atoms with E-state index in [0.29, 0.717) is 5.92 Å². The van der Waals surface area contributed by atoms with E-state index >= 15 is 0 Å². The van der Waals surface area contributed by atoms with Gasteiger partial charge in [-0.15, -0.1) is 0 Å². The third-order valence-electron chi connectivity index (χ3n) is 5.34. The van der Waals surface area contributed by atoms with Crippen LogP contribution in [0.15, 0.2) is 36.4 Å². The molecule has 2 nitrogen and oxygen atoms in total. The Bertz CT molecular complexity index is 532. The van der Waals surface area contributed by atoms with E-state index in [-0.39, 0.29) is 0 Å². The lowest BCUT2D eigenvalue weighted by Gasteiger charge is -2.29. The van der Waals surface area contributed by atoms with E-state index in [0.717, 1.165) is 37.5 Å². The van der Waals surface area contributed by atoms with E-state index in [9.17, 15) is 0 Å². The molecule has 0 spiro atoms. The topological polar surface area (TPSA) is 33.0 Å². The molecular formula is C23H33NO. The molecule has 1 aromatic rings. The summed E-state index contributed by atoms with van der Waals surface area (Å²) in [6.07, 6.45) is 15.8. The van der Waals surface area contributed by atoms with Gasteiger partial charge in [0.15, 0.2) is 0 Å². The standard InChI is InChI=1S/C23H33NO/c1-2-3-4-6-17-25-18-7-5-8-20-9-13-22(14-10-20)23-15-11-21(19-24)12-16-23/h3-4,11-12,15-16,20,22H,2,5-10,13-14,17-18H2,1H3/b4-3+. The molecule has 1 aliphatic carbocycles. The van der Waals surface area contributed by atoms with Crippen molar-refractivity contribution in [2.24, 2.45) is 5.92 Å². The van der Waals surface area contributed by atoms with Crippen LogP contribution in [-0.4, -0.2) is 13.2 Å². The number of nitrogens with zero attached hydrogens (tertiary/aromatic N) is 1. The highest BCUT2D eigenvalue weighted by Crippen LogP contribution is 2.37. The first-order chi connectivity index (χ1) is 12.3. The van der Waals surface area contributed by atoms with Gasteiger partial charge in [-0.25, -0.2) is 0 Å². The number of hydrogen-bond donors (Lipinski definition) is 0. The van der Waals surface area contributed by atoms with E-state index in [1.165, 1.54) is 50.5 Å². The van der Waals surface area contributed by atoms with Crippen molar-refractivity contribution in [1.29, 1.82) is 5.26 Å². The number of unbranched alkanes of at least 4 members (excludes halogenated alkanes) is 1. The van der Waals surface area contributed by atoms with Crippen molar-refractivity contribution >= 4 is 0 Å². The van der Waals surface area contributed by atoms with Crippen LogP contribution in [0.25, 0.3) is 0 Å². The van der Waals surface area contributed by atoms with Gasteiger partial charge in [-0.3, -0.25) is 0 Å². The molecule has 2 heteroatoms. The first kappa shape index (κ1) is 19.7. The minimum absolute atomic E-state index is 0.698. The molecular weight excluding hydrogens is 306 g/mol. The SMILES string of the molecule is CC/C=C/CCOCCCCC1CCC(c2ccc(C#N)cc2)CC1. The Hall–Kier alpha value is -1.59. The average molecular weight is 340 g/mol. The lowest BCUT2D eigenvalue weighted by molar-refractivity contribution is 0.132. The molecule has 0 N–H and O–H groups in total. The number of rotatable bonds is 10. The van der Waals surface area contributed by atoms with Crippen molar-refractivity contribution in [3.8, 4) is 6.07 Å². The molecule has 0 unspecified atom stereocenters. The van der Waals surface area contributed by atoms with Gasteiger partial charge in [0.1, 0.15) is 0 Å². The van der Waals surface area contributed by atoms with Crippen LogP contribution in [0.4, 0.5) is 0 Å². The summed E-state index contributed by atoms with van der Waals surface area (Å²) in [6.45, 7) is 3.95. The van der Waals surface area contributed by atoms with Crippen LogP contribution in [0.1, 0.15) is 81.8 Å². The summed E-state index contributed by atoms with van der Waals surface area (Å²) in [4.78, 5) is 0. The Morgan fingerprint density at radius 3 is 2.48 bits per heavy atom. The first-order valence-electron chi connectivity index (χ1n) is 10.1. The monoisotopic (exact) mass is 339 g/mol. The van der Waals surface area contributed by atoms with Crippen molar-refractivity contribution in [1.82, 2.24) is 0 Å². The molecule has 0 saturated heterocycles. The van der Waals surface area contributed by atoms with Crippen molar-refractivity contribution in [3.05, 3.63) is 47.5 Å². The quantitative estimate of drug-likeness (QED) is 0.366. The zero-order valence-corrected chi connectivity index (χ0v) is 15.8. The van der Waals surface area contributed by atoms with E-state index < -0.39 is 0 Å². The summed E-state index contributed by atoms with van der Waals surface area (Å²) in [7, 11) is 0. The van der Waals surface area contributed by atoms with E-state index in [4.69, 9.17) is 10.00 Å². The second-order valence-corrected chi connectivity index (χ2v) is 7.23. The van der Waals surface area contributed by atoms with Gasteiger partial charge >= 0.3 is 0 Å². The van der Waals surface area contributed by atoms with E-state index in [1.807, 2.05) is 12.1 Å². The highest BCUT2D eigenvalue weighted by molar-refractivity contribution is 5.33. The Morgan fingerprint density at radius 1 is 1.04 bits per heavy atom. The average Bonchev–Trinajstić information content (AvgIpc) is 2.67. The summed E-state index contributed by atoms with van der Waals surface area (Å²) in [5, 5.41) is 8.90. The van der Waals surface area contributed by atoms with Crippen molar-refractivity contribution in [2.45, 2.75) is 70.6 Å².